The van der Waals surface area contributed by atoms with Crippen molar-refractivity contribution >= 4 is 21.6 Å². The lowest BCUT2D eigenvalue weighted by atomic mass is 10.1. The number of amides is 1. The number of hydrogen-bond acceptors (Lipinski definition) is 5. The second kappa shape index (κ2) is 10.5. The number of benzene rings is 3. The fourth-order valence-electron chi connectivity index (χ4n) is 2.98. The highest BCUT2D eigenvalue weighted by Gasteiger charge is 2.17. The van der Waals surface area contributed by atoms with Gasteiger partial charge in [0.1, 0.15) is 5.82 Å². The Balaban J connectivity index is 1.69. The maximum absolute atomic E-state index is 13.8. The van der Waals surface area contributed by atoms with Crippen LogP contribution in [0.15, 0.2) is 65.6 Å². The molecule has 34 heavy (non-hydrogen) atoms. The lowest BCUT2D eigenvalue weighted by Crippen LogP contribution is -2.23. The van der Waals surface area contributed by atoms with Crippen LogP contribution in [0.5, 0.6) is 11.5 Å². The largest absolute Gasteiger partial charge is 0.493 e. The summed E-state index contributed by atoms with van der Waals surface area (Å²) in [5.41, 5.74) is 1.15. The highest BCUT2D eigenvalue weighted by molar-refractivity contribution is 7.92. The van der Waals surface area contributed by atoms with Crippen LogP contribution in [0.1, 0.15) is 21.5 Å². The van der Waals surface area contributed by atoms with Crippen molar-refractivity contribution in [1.29, 1.82) is 0 Å². The van der Waals surface area contributed by atoms with Crippen LogP contribution in [0.2, 0.25) is 0 Å². The third-order valence-electron chi connectivity index (χ3n) is 4.73. The van der Waals surface area contributed by atoms with Gasteiger partial charge in [0.25, 0.3) is 15.9 Å². The molecule has 0 aliphatic rings. The van der Waals surface area contributed by atoms with Crippen molar-refractivity contribution in [3.63, 3.8) is 0 Å². The summed E-state index contributed by atoms with van der Waals surface area (Å²) in [6.45, 7) is -1.44. The van der Waals surface area contributed by atoms with Gasteiger partial charge in [-0.3, -0.25) is 9.52 Å². The van der Waals surface area contributed by atoms with Gasteiger partial charge in [-0.05, 0) is 60.5 Å². The molecule has 3 rings (SSSR count). The zero-order valence-corrected chi connectivity index (χ0v) is 19.0. The molecule has 0 unspecified atom stereocenters. The first-order valence-electron chi connectivity index (χ1n) is 9.88. The Labute approximate surface area is 194 Å². The number of sulfonamides is 1. The Kier molecular flexibility index (Phi) is 7.67. The molecule has 3 aromatic carbocycles. The quantitative estimate of drug-likeness (QED) is 0.458. The van der Waals surface area contributed by atoms with Gasteiger partial charge in [0.05, 0.1) is 12.0 Å². The number of anilines is 1. The first kappa shape index (κ1) is 24.9. The average Bonchev–Trinajstić information content (AvgIpc) is 2.79. The molecule has 0 heterocycles. The first-order chi connectivity index (χ1) is 16.1. The molecule has 0 aliphatic carbocycles. The number of ether oxygens (including phenoxy) is 2. The van der Waals surface area contributed by atoms with Gasteiger partial charge >= 0.3 is 6.61 Å². The minimum Gasteiger partial charge on any atom is -0.493 e. The van der Waals surface area contributed by atoms with Gasteiger partial charge in [-0.25, -0.2) is 12.8 Å². The molecule has 3 aromatic rings. The Morgan fingerprint density at radius 2 is 1.79 bits per heavy atom. The van der Waals surface area contributed by atoms with Crippen LogP contribution in [0.25, 0.3) is 0 Å². The van der Waals surface area contributed by atoms with Crippen molar-refractivity contribution in [1.82, 2.24) is 5.32 Å². The summed E-state index contributed by atoms with van der Waals surface area (Å²) in [6, 6.07) is 13.5. The highest BCUT2D eigenvalue weighted by Crippen LogP contribution is 2.29. The van der Waals surface area contributed by atoms with Crippen molar-refractivity contribution in [2.24, 2.45) is 0 Å². The van der Waals surface area contributed by atoms with E-state index in [9.17, 15) is 26.4 Å². The van der Waals surface area contributed by atoms with Gasteiger partial charge in [0.15, 0.2) is 11.5 Å². The zero-order chi connectivity index (χ0) is 24.9. The van der Waals surface area contributed by atoms with Crippen LogP contribution in [0.4, 0.5) is 18.9 Å². The number of rotatable bonds is 9. The molecule has 2 N–H and O–H groups in total. The zero-order valence-electron chi connectivity index (χ0n) is 18.1. The molecule has 0 atom stereocenters. The van der Waals surface area contributed by atoms with Crippen molar-refractivity contribution < 1.29 is 35.9 Å². The number of nitrogens with one attached hydrogen (secondary N) is 2. The van der Waals surface area contributed by atoms with Crippen molar-refractivity contribution in [3.05, 3.63) is 83.2 Å². The maximum Gasteiger partial charge on any atom is 0.387 e. The van der Waals surface area contributed by atoms with E-state index in [2.05, 4.69) is 14.8 Å². The van der Waals surface area contributed by atoms with E-state index in [0.29, 0.717) is 11.1 Å². The van der Waals surface area contributed by atoms with Crippen molar-refractivity contribution in [3.8, 4) is 11.5 Å². The molecule has 0 radical (unpaired) electrons. The summed E-state index contributed by atoms with van der Waals surface area (Å²) in [6.07, 6.45) is 0. The topological polar surface area (TPSA) is 93.7 Å². The predicted molar refractivity (Wildman–Crippen MR) is 119 cm³/mol. The summed E-state index contributed by atoms with van der Waals surface area (Å²) in [5.74, 6) is -1.22. The smallest absolute Gasteiger partial charge is 0.387 e. The van der Waals surface area contributed by atoms with E-state index >= 15 is 0 Å². The fraction of sp³-hybridized carbons (Fsp3) is 0.174. The average molecular weight is 494 g/mol. The Hall–Kier alpha value is -3.73. The molecular weight excluding hydrogens is 473 g/mol. The van der Waals surface area contributed by atoms with E-state index in [1.54, 1.807) is 0 Å². The van der Waals surface area contributed by atoms with E-state index in [1.165, 1.54) is 68.6 Å². The molecule has 0 saturated carbocycles. The molecule has 11 heteroatoms. The van der Waals surface area contributed by atoms with Gasteiger partial charge in [-0.1, -0.05) is 18.2 Å². The van der Waals surface area contributed by atoms with Gasteiger partial charge in [0, 0.05) is 17.8 Å². The lowest BCUT2D eigenvalue weighted by Gasteiger charge is -2.12. The highest BCUT2D eigenvalue weighted by atomic mass is 32.2. The van der Waals surface area contributed by atoms with Crippen LogP contribution >= 0.6 is 0 Å². The summed E-state index contributed by atoms with van der Waals surface area (Å²) >= 11 is 0. The second-order valence-electron chi connectivity index (χ2n) is 7.14. The summed E-state index contributed by atoms with van der Waals surface area (Å²) < 4.78 is 75.5. The van der Waals surface area contributed by atoms with Gasteiger partial charge in [0.2, 0.25) is 0 Å². The van der Waals surface area contributed by atoms with Crippen LogP contribution in [0, 0.1) is 12.7 Å². The summed E-state index contributed by atoms with van der Waals surface area (Å²) in [7, 11) is -2.77. The number of alkyl halides is 2. The third-order valence-corrected chi connectivity index (χ3v) is 6.11. The minimum absolute atomic E-state index is 0.0444. The monoisotopic (exact) mass is 494 g/mol. The normalized spacial score (nSPS) is 11.2. The molecule has 0 spiro atoms. The number of hydrogen-bond donors (Lipinski definition) is 2. The second-order valence-corrected chi connectivity index (χ2v) is 8.83. The van der Waals surface area contributed by atoms with Gasteiger partial charge < -0.3 is 14.8 Å². The minimum atomic E-state index is -4.07. The standard InChI is InChI=1S/C23H21F3N2O5S/c1-14-6-8-18(12-19(14)24)34(30,31)28-17-5-3-4-16(11-17)22(29)27-13-15-7-9-20(33-23(25)26)21(10-15)32-2/h3-12,23,28H,13H2,1-2H3,(H,27,29). The van der Waals surface area contributed by atoms with E-state index in [4.69, 9.17) is 4.74 Å². The molecule has 0 fully saturated rings. The van der Waals surface area contributed by atoms with E-state index < -0.39 is 28.4 Å². The van der Waals surface area contributed by atoms with Gasteiger partial charge in [-0.2, -0.15) is 8.78 Å². The Morgan fingerprint density at radius 3 is 2.47 bits per heavy atom. The number of methoxy groups -OCH3 is 1. The Bertz CT molecular complexity index is 1300. The van der Waals surface area contributed by atoms with E-state index in [-0.39, 0.29) is 34.2 Å². The van der Waals surface area contributed by atoms with Crippen LogP contribution in [-0.2, 0) is 16.6 Å². The predicted octanol–water partition coefficient (Wildman–Crippen LogP) is 4.47. The first-order valence-corrected chi connectivity index (χ1v) is 11.4. The van der Waals surface area contributed by atoms with Crippen molar-refractivity contribution in [2.75, 3.05) is 11.8 Å². The SMILES string of the molecule is COc1cc(CNC(=O)c2cccc(NS(=O)(=O)c3ccc(C)c(F)c3)c2)ccc1OC(F)F. The molecule has 180 valence electrons. The van der Waals surface area contributed by atoms with Gasteiger partial charge in [-0.15, -0.1) is 0 Å². The lowest BCUT2D eigenvalue weighted by molar-refractivity contribution is -0.0512. The van der Waals surface area contributed by atoms with Crippen LogP contribution in [-0.4, -0.2) is 28.0 Å². The summed E-state index contributed by atoms with van der Waals surface area (Å²) in [4.78, 5) is 12.3. The Morgan fingerprint density at radius 1 is 1.03 bits per heavy atom. The number of halogens is 3. The number of aryl methyl sites for hydroxylation is 1. The molecule has 0 aromatic heterocycles. The van der Waals surface area contributed by atoms with E-state index in [0.717, 1.165) is 6.07 Å². The molecular formula is C23H21F3N2O5S. The van der Waals surface area contributed by atoms with Crippen LogP contribution < -0.4 is 19.5 Å². The molecule has 0 saturated heterocycles. The molecule has 1 amide bonds. The number of carbonyl (C=O) groups excluding carboxylic acids is 1. The molecule has 0 bridgehead atoms. The van der Waals surface area contributed by atoms with Crippen molar-refractivity contribution in [2.45, 2.75) is 25.0 Å². The fourth-order valence-corrected chi connectivity index (χ4v) is 4.04. The third kappa shape index (κ3) is 6.19. The number of carbonyl (C=O) groups is 1. The maximum atomic E-state index is 13.8. The molecule has 0 aliphatic heterocycles. The van der Waals surface area contributed by atoms with Crippen LogP contribution in [0.3, 0.4) is 0 Å². The van der Waals surface area contributed by atoms with E-state index in [1.807, 2.05) is 0 Å². The molecule has 7 nitrogen and oxygen atoms in total. The summed E-state index contributed by atoms with van der Waals surface area (Å²) in [5, 5.41) is 2.65.